The fourth-order valence-electron chi connectivity index (χ4n) is 1.91. The van der Waals surface area contributed by atoms with Crippen LogP contribution in [-0.2, 0) is 13.1 Å². The zero-order valence-electron chi connectivity index (χ0n) is 12.1. The Morgan fingerprint density at radius 1 is 1.25 bits per heavy atom. The summed E-state index contributed by atoms with van der Waals surface area (Å²) >= 11 is 1.68. The van der Waals surface area contributed by atoms with Gasteiger partial charge in [-0.25, -0.2) is 4.98 Å². The third-order valence-electron chi connectivity index (χ3n) is 2.99. The van der Waals surface area contributed by atoms with Crippen molar-refractivity contribution in [1.29, 1.82) is 0 Å². The molecule has 0 saturated carbocycles. The molecular formula is C15H20N2O2S. The highest BCUT2D eigenvalue weighted by Gasteiger charge is 2.06. The summed E-state index contributed by atoms with van der Waals surface area (Å²) in [7, 11) is 1.66. The molecule has 0 spiro atoms. The molecule has 2 rings (SSSR count). The molecule has 1 aromatic heterocycles. The molecule has 108 valence electrons. The minimum atomic E-state index is 0.638. The Hall–Kier alpha value is -1.59. The van der Waals surface area contributed by atoms with Crippen LogP contribution < -0.4 is 14.8 Å². The van der Waals surface area contributed by atoms with Crippen molar-refractivity contribution in [3.8, 4) is 11.5 Å². The molecule has 0 bridgehead atoms. The van der Waals surface area contributed by atoms with Gasteiger partial charge in [-0.2, -0.15) is 0 Å². The van der Waals surface area contributed by atoms with Gasteiger partial charge in [-0.05, 0) is 31.5 Å². The first kappa shape index (κ1) is 14.8. The van der Waals surface area contributed by atoms with Crippen LogP contribution in [0.4, 0.5) is 0 Å². The van der Waals surface area contributed by atoms with Gasteiger partial charge in [0.05, 0.1) is 24.9 Å². The van der Waals surface area contributed by atoms with Crippen LogP contribution in [0.1, 0.15) is 23.1 Å². The van der Waals surface area contributed by atoms with Crippen molar-refractivity contribution in [3.05, 3.63) is 39.8 Å². The van der Waals surface area contributed by atoms with E-state index >= 15 is 0 Å². The van der Waals surface area contributed by atoms with Gasteiger partial charge in [-0.1, -0.05) is 6.07 Å². The Morgan fingerprint density at radius 3 is 2.75 bits per heavy atom. The topological polar surface area (TPSA) is 43.4 Å². The number of benzene rings is 1. The first-order valence-electron chi connectivity index (χ1n) is 6.64. The lowest BCUT2D eigenvalue weighted by atomic mass is 10.2. The molecule has 0 amide bonds. The minimum absolute atomic E-state index is 0.638. The average Bonchev–Trinajstić information content (AvgIpc) is 2.86. The van der Waals surface area contributed by atoms with Crippen LogP contribution in [0.25, 0.3) is 0 Å². The quantitative estimate of drug-likeness (QED) is 0.851. The monoisotopic (exact) mass is 292 g/mol. The van der Waals surface area contributed by atoms with Gasteiger partial charge in [0.2, 0.25) is 0 Å². The largest absolute Gasteiger partial charge is 0.493 e. The summed E-state index contributed by atoms with van der Waals surface area (Å²) in [6.45, 7) is 6.27. The first-order valence-corrected chi connectivity index (χ1v) is 7.52. The number of ether oxygens (including phenoxy) is 2. The second kappa shape index (κ2) is 7.26. The van der Waals surface area contributed by atoms with Gasteiger partial charge >= 0.3 is 0 Å². The van der Waals surface area contributed by atoms with E-state index in [1.54, 1.807) is 18.4 Å². The predicted octanol–water partition coefficient (Wildman–Crippen LogP) is 3.15. The normalized spacial score (nSPS) is 10.6. The maximum absolute atomic E-state index is 5.51. The molecule has 0 saturated heterocycles. The van der Waals surface area contributed by atoms with Gasteiger partial charge in [-0.3, -0.25) is 0 Å². The van der Waals surface area contributed by atoms with Crippen LogP contribution in [0.5, 0.6) is 11.5 Å². The predicted molar refractivity (Wildman–Crippen MR) is 81.6 cm³/mol. The van der Waals surface area contributed by atoms with Crippen LogP contribution in [0, 0.1) is 6.92 Å². The van der Waals surface area contributed by atoms with Crippen LogP contribution in [0.3, 0.4) is 0 Å². The number of aryl methyl sites for hydroxylation is 1. The van der Waals surface area contributed by atoms with E-state index in [2.05, 4.69) is 16.4 Å². The van der Waals surface area contributed by atoms with Crippen molar-refractivity contribution in [2.75, 3.05) is 13.7 Å². The number of rotatable bonds is 7. The molecule has 1 heterocycles. The summed E-state index contributed by atoms with van der Waals surface area (Å²) in [6.07, 6.45) is 0. The molecule has 0 atom stereocenters. The van der Waals surface area contributed by atoms with E-state index in [1.807, 2.05) is 31.5 Å². The van der Waals surface area contributed by atoms with Gasteiger partial charge in [-0.15, -0.1) is 11.3 Å². The number of hydrogen-bond donors (Lipinski definition) is 1. The van der Waals surface area contributed by atoms with Gasteiger partial charge in [0.15, 0.2) is 11.5 Å². The Kier molecular flexibility index (Phi) is 5.38. The molecule has 0 aliphatic rings. The maximum Gasteiger partial charge on any atom is 0.161 e. The van der Waals surface area contributed by atoms with Crippen molar-refractivity contribution in [2.45, 2.75) is 26.9 Å². The molecule has 0 aliphatic carbocycles. The summed E-state index contributed by atoms with van der Waals surface area (Å²) in [6, 6.07) is 6.02. The molecule has 1 N–H and O–H groups in total. The second-order valence-electron chi connectivity index (χ2n) is 4.38. The number of nitrogens with zero attached hydrogens (tertiary/aromatic N) is 1. The van der Waals surface area contributed by atoms with E-state index in [9.17, 15) is 0 Å². The van der Waals surface area contributed by atoms with E-state index in [-0.39, 0.29) is 0 Å². The third kappa shape index (κ3) is 3.71. The van der Waals surface area contributed by atoms with E-state index in [0.29, 0.717) is 6.61 Å². The van der Waals surface area contributed by atoms with Crippen molar-refractivity contribution in [3.63, 3.8) is 0 Å². The molecule has 0 fully saturated rings. The minimum Gasteiger partial charge on any atom is -0.493 e. The molecule has 2 aromatic rings. The highest BCUT2D eigenvalue weighted by atomic mass is 32.1. The van der Waals surface area contributed by atoms with Crippen LogP contribution in [-0.4, -0.2) is 18.7 Å². The van der Waals surface area contributed by atoms with E-state index < -0.39 is 0 Å². The molecule has 20 heavy (non-hydrogen) atoms. The molecule has 0 unspecified atom stereocenters. The van der Waals surface area contributed by atoms with E-state index in [4.69, 9.17) is 9.47 Å². The smallest absolute Gasteiger partial charge is 0.161 e. The summed E-state index contributed by atoms with van der Waals surface area (Å²) in [5.74, 6) is 1.57. The first-order chi connectivity index (χ1) is 9.74. The van der Waals surface area contributed by atoms with Gasteiger partial charge in [0, 0.05) is 18.0 Å². The fourth-order valence-corrected chi connectivity index (χ4v) is 2.66. The Balaban J connectivity index is 1.94. The van der Waals surface area contributed by atoms with Crippen LogP contribution >= 0.6 is 11.3 Å². The van der Waals surface area contributed by atoms with Crippen molar-refractivity contribution in [2.24, 2.45) is 0 Å². The average molecular weight is 292 g/mol. The highest BCUT2D eigenvalue weighted by Crippen LogP contribution is 2.28. The lowest BCUT2D eigenvalue weighted by molar-refractivity contribution is 0.310. The number of methoxy groups -OCH3 is 1. The molecule has 4 nitrogen and oxygen atoms in total. The number of nitrogens with one attached hydrogen (secondary N) is 1. The number of aromatic nitrogens is 1. The van der Waals surface area contributed by atoms with Gasteiger partial charge in [0.1, 0.15) is 0 Å². The summed E-state index contributed by atoms with van der Waals surface area (Å²) in [5.41, 5.74) is 4.16. The molecular weight excluding hydrogens is 272 g/mol. The molecule has 1 aromatic carbocycles. The third-order valence-corrected chi connectivity index (χ3v) is 3.92. The van der Waals surface area contributed by atoms with E-state index in [0.717, 1.165) is 30.3 Å². The second-order valence-corrected chi connectivity index (χ2v) is 5.32. The van der Waals surface area contributed by atoms with E-state index in [1.165, 1.54) is 10.4 Å². The maximum atomic E-state index is 5.51. The van der Waals surface area contributed by atoms with Crippen LogP contribution in [0.15, 0.2) is 23.7 Å². The summed E-state index contributed by atoms with van der Waals surface area (Å²) in [4.78, 5) is 5.52. The summed E-state index contributed by atoms with van der Waals surface area (Å²) in [5, 5.41) is 3.42. The zero-order chi connectivity index (χ0) is 14.4. The Morgan fingerprint density at radius 2 is 2.10 bits per heavy atom. The Bertz CT molecular complexity index is 555. The lowest BCUT2D eigenvalue weighted by Gasteiger charge is -2.11. The fraction of sp³-hybridized carbons (Fsp3) is 0.400. The van der Waals surface area contributed by atoms with Crippen LogP contribution in [0.2, 0.25) is 0 Å². The Labute approximate surface area is 123 Å². The zero-order valence-corrected chi connectivity index (χ0v) is 12.9. The SMILES string of the molecule is CCOc1ccc(CNCc2scnc2C)cc1OC. The molecule has 5 heteroatoms. The lowest BCUT2D eigenvalue weighted by Crippen LogP contribution is -2.12. The molecule has 0 radical (unpaired) electrons. The highest BCUT2D eigenvalue weighted by molar-refractivity contribution is 7.09. The van der Waals surface area contributed by atoms with Gasteiger partial charge < -0.3 is 14.8 Å². The number of hydrogen-bond acceptors (Lipinski definition) is 5. The molecule has 0 aliphatic heterocycles. The summed E-state index contributed by atoms with van der Waals surface area (Å²) < 4.78 is 10.9. The standard InChI is InChI=1S/C15H20N2O2S/c1-4-19-13-6-5-12(7-14(13)18-3)8-16-9-15-11(2)17-10-20-15/h5-7,10,16H,4,8-9H2,1-3H3. The number of thiazole rings is 1. The van der Waals surface area contributed by atoms with Crippen molar-refractivity contribution < 1.29 is 9.47 Å². The van der Waals surface area contributed by atoms with Crippen molar-refractivity contribution >= 4 is 11.3 Å². The van der Waals surface area contributed by atoms with Crippen molar-refractivity contribution in [1.82, 2.24) is 10.3 Å². The van der Waals surface area contributed by atoms with Gasteiger partial charge in [0.25, 0.3) is 0 Å².